The Bertz CT molecular complexity index is 516. The van der Waals surface area contributed by atoms with Gasteiger partial charge in [-0.25, -0.2) is 0 Å². The third-order valence-electron chi connectivity index (χ3n) is 3.34. The van der Waals surface area contributed by atoms with E-state index in [2.05, 4.69) is 5.32 Å². The Morgan fingerprint density at radius 2 is 2.16 bits per heavy atom. The molecule has 1 N–H and O–H groups in total. The number of carbonyl (C=O) groups is 2. The number of nitrogens with one attached hydrogen (secondary N) is 1. The molecule has 1 atom stereocenters. The van der Waals surface area contributed by atoms with Crippen LogP contribution >= 0.6 is 11.6 Å². The van der Waals surface area contributed by atoms with Crippen LogP contribution in [0.3, 0.4) is 0 Å². The minimum absolute atomic E-state index is 0.0757. The van der Waals surface area contributed by atoms with Gasteiger partial charge in [0.15, 0.2) is 0 Å². The average Bonchev–Trinajstić information content (AvgIpc) is 2.53. The summed E-state index contributed by atoms with van der Waals surface area (Å²) < 4.78 is 0. The summed E-state index contributed by atoms with van der Waals surface area (Å²) in [6, 6.07) is 5.07. The summed E-state index contributed by atoms with van der Waals surface area (Å²) in [6.07, 6.45) is 0.897. The predicted molar refractivity (Wildman–Crippen MR) is 75.4 cm³/mol. The Kier molecular flexibility index (Phi) is 4.10. The number of carbonyl (C=O) groups excluding carboxylic acids is 2. The highest BCUT2D eigenvalue weighted by Crippen LogP contribution is 2.25. The van der Waals surface area contributed by atoms with Gasteiger partial charge < -0.3 is 10.2 Å². The third kappa shape index (κ3) is 2.89. The third-order valence-corrected chi connectivity index (χ3v) is 3.74. The van der Waals surface area contributed by atoms with Crippen LogP contribution in [0.4, 0.5) is 5.69 Å². The van der Waals surface area contributed by atoms with Gasteiger partial charge in [-0.05, 0) is 31.0 Å². The highest BCUT2D eigenvalue weighted by atomic mass is 35.5. The molecule has 1 heterocycles. The van der Waals surface area contributed by atoms with E-state index in [-0.39, 0.29) is 11.8 Å². The van der Waals surface area contributed by atoms with Crippen molar-refractivity contribution >= 4 is 29.1 Å². The molecule has 0 aliphatic carbocycles. The molecule has 1 saturated heterocycles. The summed E-state index contributed by atoms with van der Waals surface area (Å²) in [4.78, 5) is 25.6. The number of aryl methyl sites for hydroxylation is 1. The van der Waals surface area contributed by atoms with Crippen LogP contribution in [0.25, 0.3) is 0 Å². The highest BCUT2D eigenvalue weighted by Gasteiger charge is 2.29. The first kappa shape index (κ1) is 13.9. The first-order valence-corrected chi connectivity index (χ1v) is 6.77. The number of anilines is 1. The second-order valence-corrected chi connectivity index (χ2v) is 5.11. The van der Waals surface area contributed by atoms with Gasteiger partial charge in [0, 0.05) is 23.7 Å². The van der Waals surface area contributed by atoms with E-state index >= 15 is 0 Å². The van der Waals surface area contributed by atoms with Crippen LogP contribution in [0.1, 0.15) is 25.3 Å². The van der Waals surface area contributed by atoms with Crippen molar-refractivity contribution in [3.8, 4) is 0 Å². The Morgan fingerprint density at radius 3 is 2.79 bits per heavy atom. The molecular weight excluding hydrogens is 264 g/mol. The van der Waals surface area contributed by atoms with Gasteiger partial charge in [-0.15, -0.1) is 0 Å². The lowest BCUT2D eigenvalue weighted by atomic mass is 10.1. The topological polar surface area (TPSA) is 49.4 Å². The van der Waals surface area contributed by atoms with Gasteiger partial charge in [-0.3, -0.25) is 9.59 Å². The summed E-state index contributed by atoms with van der Waals surface area (Å²) in [5, 5.41) is 3.37. The van der Waals surface area contributed by atoms with E-state index in [1.165, 1.54) is 0 Å². The lowest BCUT2D eigenvalue weighted by Gasteiger charge is -2.24. The molecule has 1 aromatic carbocycles. The van der Waals surface area contributed by atoms with Crippen LogP contribution in [-0.4, -0.2) is 24.4 Å². The second-order valence-electron chi connectivity index (χ2n) is 4.70. The molecule has 0 saturated carbocycles. The van der Waals surface area contributed by atoms with Gasteiger partial charge in [0.25, 0.3) is 0 Å². The Balaban J connectivity index is 2.33. The lowest BCUT2D eigenvalue weighted by Crippen LogP contribution is -2.44. The molecule has 1 aromatic rings. The minimum Gasteiger partial charge on any atom is -0.344 e. The number of hydrogen-bond acceptors (Lipinski definition) is 2. The fourth-order valence-corrected chi connectivity index (χ4v) is 2.30. The summed E-state index contributed by atoms with van der Waals surface area (Å²) in [5.41, 5.74) is 1.71. The summed E-state index contributed by atoms with van der Waals surface area (Å²) >= 11 is 6.10. The lowest BCUT2D eigenvalue weighted by molar-refractivity contribution is -0.125. The molecule has 2 amide bonds. The van der Waals surface area contributed by atoms with Crippen LogP contribution in [0.5, 0.6) is 0 Å². The molecule has 19 heavy (non-hydrogen) atoms. The molecule has 0 bridgehead atoms. The number of benzene rings is 1. The van der Waals surface area contributed by atoms with Gasteiger partial charge >= 0.3 is 0 Å². The maximum Gasteiger partial charge on any atom is 0.249 e. The van der Waals surface area contributed by atoms with Crippen molar-refractivity contribution in [2.45, 2.75) is 32.7 Å². The van der Waals surface area contributed by atoms with Crippen LogP contribution in [0, 0.1) is 6.92 Å². The van der Waals surface area contributed by atoms with E-state index < -0.39 is 6.04 Å². The standard InChI is InChI=1S/C14H17ClN2O2/c1-3-12-14(19)17(7-6-13(18)16-12)10-5-4-9(2)11(15)8-10/h4-5,8,12H,3,6-7H2,1-2H3,(H,16,18). The van der Waals surface area contributed by atoms with Crippen molar-refractivity contribution in [3.05, 3.63) is 28.8 Å². The van der Waals surface area contributed by atoms with Crippen LogP contribution in [0.2, 0.25) is 5.02 Å². The molecule has 0 aromatic heterocycles. The fourth-order valence-electron chi connectivity index (χ4n) is 2.12. The molecule has 2 rings (SSSR count). The summed E-state index contributed by atoms with van der Waals surface area (Å²) in [7, 11) is 0. The monoisotopic (exact) mass is 280 g/mol. The largest absolute Gasteiger partial charge is 0.344 e. The van der Waals surface area contributed by atoms with Crippen molar-refractivity contribution in [1.82, 2.24) is 5.32 Å². The van der Waals surface area contributed by atoms with E-state index in [0.29, 0.717) is 24.4 Å². The molecule has 1 fully saturated rings. The van der Waals surface area contributed by atoms with Crippen molar-refractivity contribution in [1.29, 1.82) is 0 Å². The van der Waals surface area contributed by atoms with Gasteiger partial charge in [0.1, 0.15) is 6.04 Å². The summed E-state index contributed by atoms with van der Waals surface area (Å²) in [6.45, 7) is 4.19. The molecular formula is C14H17ClN2O2. The maximum atomic E-state index is 12.4. The van der Waals surface area contributed by atoms with Gasteiger partial charge in [-0.1, -0.05) is 24.6 Å². The van der Waals surface area contributed by atoms with Crippen molar-refractivity contribution in [3.63, 3.8) is 0 Å². The van der Waals surface area contributed by atoms with Gasteiger partial charge in [0.05, 0.1) is 0 Å². The Morgan fingerprint density at radius 1 is 1.42 bits per heavy atom. The maximum absolute atomic E-state index is 12.4. The van der Waals surface area contributed by atoms with E-state index in [1.54, 1.807) is 11.0 Å². The van der Waals surface area contributed by atoms with Crippen LogP contribution in [-0.2, 0) is 9.59 Å². The molecule has 5 heteroatoms. The molecule has 1 aliphatic rings. The number of halogens is 1. The number of rotatable bonds is 2. The molecule has 1 unspecified atom stereocenters. The molecule has 1 aliphatic heterocycles. The minimum atomic E-state index is -0.449. The molecule has 0 radical (unpaired) electrons. The van der Waals surface area contributed by atoms with Crippen molar-refractivity contribution < 1.29 is 9.59 Å². The van der Waals surface area contributed by atoms with E-state index in [4.69, 9.17) is 11.6 Å². The molecule has 102 valence electrons. The normalized spacial score (nSPS) is 20.2. The number of hydrogen-bond donors (Lipinski definition) is 1. The SMILES string of the molecule is CCC1NC(=O)CCN(c2ccc(C)c(Cl)c2)C1=O. The quantitative estimate of drug-likeness (QED) is 0.903. The fraction of sp³-hybridized carbons (Fsp3) is 0.429. The first-order valence-electron chi connectivity index (χ1n) is 6.39. The predicted octanol–water partition coefficient (Wildman–Crippen LogP) is 2.28. The first-order chi connectivity index (χ1) is 9.02. The highest BCUT2D eigenvalue weighted by molar-refractivity contribution is 6.31. The van der Waals surface area contributed by atoms with Crippen LogP contribution < -0.4 is 10.2 Å². The zero-order valence-electron chi connectivity index (χ0n) is 11.1. The summed E-state index contributed by atoms with van der Waals surface area (Å²) in [5.74, 6) is -0.158. The average molecular weight is 281 g/mol. The zero-order chi connectivity index (χ0) is 14.0. The van der Waals surface area contributed by atoms with Crippen molar-refractivity contribution in [2.75, 3.05) is 11.4 Å². The van der Waals surface area contributed by atoms with Gasteiger partial charge in [-0.2, -0.15) is 0 Å². The van der Waals surface area contributed by atoms with Crippen LogP contribution in [0.15, 0.2) is 18.2 Å². The van der Waals surface area contributed by atoms with E-state index in [1.807, 2.05) is 26.0 Å². The Hall–Kier alpha value is -1.55. The Labute approximate surface area is 117 Å². The smallest absolute Gasteiger partial charge is 0.249 e. The van der Waals surface area contributed by atoms with Gasteiger partial charge in [0.2, 0.25) is 11.8 Å². The second kappa shape index (κ2) is 5.61. The van der Waals surface area contributed by atoms with E-state index in [9.17, 15) is 9.59 Å². The molecule has 0 spiro atoms. The molecule has 4 nitrogen and oxygen atoms in total. The van der Waals surface area contributed by atoms with Crippen molar-refractivity contribution in [2.24, 2.45) is 0 Å². The number of nitrogens with zero attached hydrogens (tertiary/aromatic N) is 1. The number of amides is 2. The van der Waals surface area contributed by atoms with E-state index in [0.717, 1.165) is 11.3 Å². The zero-order valence-corrected chi connectivity index (χ0v) is 11.8.